The van der Waals surface area contributed by atoms with Crippen molar-refractivity contribution in [3.05, 3.63) is 74.2 Å². The smallest absolute Gasteiger partial charge is 0.228 e. The van der Waals surface area contributed by atoms with Crippen molar-refractivity contribution in [2.75, 3.05) is 0 Å². The third-order valence-electron chi connectivity index (χ3n) is 4.15. The predicted octanol–water partition coefficient (Wildman–Crippen LogP) is 1.97. The topological polar surface area (TPSA) is 109 Å². The fourth-order valence-corrected chi connectivity index (χ4v) is 2.74. The second kappa shape index (κ2) is 5.87. The lowest BCUT2D eigenvalue weighted by Crippen LogP contribution is -2.25. The molecule has 0 spiro atoms. The summed E-state index contributed by atoms with van der Waals surface area (Å²) in [5.41, 5.74) is 8.47. The van der Waals surface area contributed by atoms with Crippen molar-refractivity contribution >= 4 is 0 Å². The molecule has 122 valence electrons. The zero-order valence-electron chi connectivity index (χ0n) is 13.3. The largest absolute Gasteiger partial charge is 0.458 e. The summed E-state index contributed by atoms with van der Waals surface area (Å²) < 4.78 is 10.9. The highest BCUT2D eigenvalue weighted by atomic mass is 16.5. The highest BCUT2D eigenvalue weighted by Crippen LogP contribution is 2.41. The van der Waals surface area contributed by atoms with E-state index in [0.29, 0.717) is 0 Å². The number of fused-ring (bicyclic) bond motifs is 1. The van der Waals surface area contributed by atoms with Crippen LogP contribution in [0, 0.1) is 25.2 Å². The Bertz CT molecular complexity index is 950. The molecule has 0 radical (unpaired) electrons. The molecule has 1 atom stereocenters. The number of ether oxygens (including phenoxy) is 1. The zero-order valence-corrected chi connectivity index (χ0v) is 13.3. The molecule has 1 aliphatic heterocycles. The second-order valence-electron chi connectivity index (χ2n) is 5.70. The average Bonchev–Trinajstić information content (AvgIpc) is 2.56. The van der Waals surface area contributed by atoms with E-state index in [9.17, 15) is 15.2 Å². The number of rotatable bonds is 2. The lowest BCUT2D eigenvalue weighted by Gasteiger charge is -2.25. The van der Waals surface area contributed by atoms with Crippen LogP contribution in [0.3, 0.4) is 0 Å². The van der Waals surface area contributed by atoms with Crippen LogP contribution >= 0.6 is 0 Å². The Morgan fingerprint density at radius 3 is 2.67 bits per heavy atom. The average molecular weight is 324 g/mol. The minimum atomic E-state index is -0.655. The van der Waals surface area contributed by atoms with Crippen molar-refractivity contribution in [2.24, 2.45) is 5.73 Å². The number of allylic oxidation sites excluding steroid dienone is 1. The quantitative estimate of drug-likeness (QED) is 0.874. The number of aliphatic hydroxyl groups excluding tert-OH is 1. The molecule has 24 heavy (non-hydrogen) atoms. The van der Waals surface area contributed by atoms with Gasteiger partial charge in [0.25, 0.3) is 0 Å². The molecule has 0 unspecified atom stereocenters. The van der Waals surface area contributed by atoms with Crippen molar-refractivity contribution in [1.29, 1.82) is 5.26 Å². The number of nitriles is 1. The zero-order chi connectivity index (χ0) is 17.4. The summed E-state index contributed by atoms with van der Waals surface area (Å²) in [6, 6.07) is 8.90. The van der Waals surface area contributed by atoms with Crippen LogP contribution in [-0.2, 0) is 6.61 Å². The second-order valence-corrected chi connectivity index (χ2v) is 5.70. The minimum Gasteiger partial charge on any atom is -0.458 e. The van der Waals surface area contributed by atoms with E-state index in [1.54, 1.807) is 0 Å². The molecule has 0 saturated heterocycles. The monoisotopic (exact) mass is 324 g/mol. The third kappa shape index (κ3) is 2.45. The summed E-state index contributed by atoms with van der Waals surface area (Å²) in [7, 11) is 0. The van der Waals surface area contributed by atoms with E-state index in [1.807, 2.05) is 38.1 Å². The van der Waals surface area contributed by atoms with Gasteiger partial charge in [-0.1, -0.05) is 18.2 Å². The normalized spacial score (nSPS) is 16.3. The van der Waals surface area contributed by atoms with E-state index in [0.717, 1.165) is 22.8 Å². The molecule has 0 bridgehead atoms. The Hall–Kier alpha value is -3.04. The Kier molecular flexibility index (Phi) is 3.87. The first-order valence-electron chi connectivity index (χ1n) is 7.38. The molecule has 6 nitrogen and oxygen atoms in total. The number of benzene rings is 1. The van der Waals surface area contributed by atoms with E-state index in [1.165, 1.54) is 0 Å². The number of nitrogens with zero attached hydrogens (tertiary/aromatic N) is 1. The molecule has 1 aliphatic rings. The SMILES string of the molecule is Cc1ccc([C@@H]2C(C#N)=C(N)Oc3c2oc(CO)cc3=O)cc1C. The molecule has 0 amide bonds. The highest BCUT2D eigenvalue weighted by molar-refractivity contribution is 5.52. The number of aliphatic hydroxyl groups is 1. The summed E-state index contributed by atoms with van der Waals surface area (Å²) in [4.78, 5) is 12.2. The molecular weight excluding hydrogens is 308 g/mol. The Morgan fingerprint density at radius 2 is 2.04 bits per heavy atom. The van der Waals surface area contributed by atoms with Gasteiger partial charge in [0.05, 0.1) is 5.92 Å². The maximum absolute atomic E-state index is 12.2. The van der Waals surface area contributed by atoms with Gasteiger partial charge in [0.2, 0.25) is 17.1 Å². The number of aryl methyl sites for hydroxylation is 2. The van der Waals surface area contributed by atoms with Gasteiger partial charge in [-0.15, -0.1) is 0 Å². The molecule has 6 heteroatoms. The summed E-state index contributed by atoms with van der Waals surface area (Å²) in [5, 5.41) is 18.8. The van der Waals surface area contributed by atoms with Crippen LogP contribution in [0.2, 0.25) is 0 Å². The standard InChI is InChI=1S/C18H16N2O4/c1-9-3-4-11(5-10(9)2)15-13(7-19)18(20)24-16-14(22)6-12(8-21)23-17(15)16/h3-6,15,21H,8,20H2,1-2H3/t15-/m1/s1. The van der Waals surface area contributed by atoms with Gasteiger partial charge in [-0.2, -0.15) is 5.26 Å². The van der Waals surface area contributed by atoms with E-state index in [-0.39, 0.29) is 28.7 Å². The fraction of sp³-hybridized carbons (Fsp3) is 0.222. The maximum Gasteiger partial charge on any atom is 0.228 e. The van der Waals surface area contributed by atoms with Gasteiger partial charge in [0.1, 0.15) is 24.0 Å². The summed E-state index contributed by atoms with van der Waals surface area (Å²) in [5.74, 6) is -0.532. The van der Waals surface area contributed by atoms with Crippen molar-refractivity contribution < 1.29 is 14.3 Å². The van der Waals surface area contributed by atoms with Crippen molar-refractivity contribution in [1.82, 2.24) is 0 Å². The van der Waals surface area contributed by atoms with E-state index in [4.69, 9.17) is 14.9 Å². The molecular formula is C18H16N2O4. The summed E-state index contributed by atoms with van der Waals surface area (Å²) >= 11 is 0. The van der Waals surface area contributed by atoms with Crippen LogP contribution in [0.1, 0.15) is 34.1 Å². The van der Waals surface area contributed by atoms with Crippen molar-refractivity contribution in [3.8, 4) is 11.8 Å². The summed E-state index contributed by atoms with van der Waals surface area (Å²) in [6.45, 7) is 3.51. The van der Waals surface area contributed by atoms with Crippen LogP contribution < -0.4 is 15.9 Å². The molecule has 0 fully saturated rings. The molecule has 1 aromatic carbocycles. The van der Waals surface area contributed by atoms with Gasteiger partial charge >= 0.3 is 0 Å². The number of hydrogen-bond acceptors (Lipinski definition) is 6. The maximum atomic E-state index is 12.2. The van der Waals surface area contributed by atoms with E-state index >= 15 is 0 Å². The molecule has 3 rings (SSSR count). The molecule has 1 aromatic heterocycles. The van der Waals surface area contributed by atoms with Gasteiger partial charge in [-0.05, 0) is 30.5 Å². The molecule has 2 heterocycles. The third-order valence-corrected chi connectivity index (χ3v) is 4.15. The Morgan fingerprint density at radius 1 is 1.29 bits per heavy atom. The van der Waals surface area contributed by atoms with Crippen LogP contribution in [-0.4, -0.2) is 5.11 Å². The van der Waals surface area contributed by atoms with Crippen LogP contribution in [0.25, 0.3) is 0 Å². The summed E-state index contributed by atoms with van der Waals surface area (Å²) in [6.07, 6.45) is 0. The lowest BCUT2D eigenvalue weighted by molar-refractivity contribution is 0.231. The number of hydrogen-bond donors (Lipinski definition) is 2. The van der Waals surface area contributed by atoms with Gasteiger partial charge in [-0.25, -0.2) is 0 Å². The van der Waals surface area contributed by atoms with Gasteiger partial charge in [0, 0.05) is 6.07 Å². The van der Waals surface area contributed by atoms with Gasteiger partial charge in [0.15, 0.2) is 5.76 Å². The van der Waals surface area contributed by atoms with E-state index in [2.05, 4.69) is 0 Å². The van der Waals surface area contributed by atoms with Gasteiger partial charge in [-0.3, -0.25) is 4.79 Å². The highest BCUT2D eigenvalue weighted by Gasteiger charge is 2.35. The molecule has 0 aliphatic carbocycles. The Balaban J connectivity index is 2.30. The first kappa shape index (κ1) is 15.8. The molecule has 3 N–H and O–H groups in total. The predicted molar refractivity (Wildman–Crippen MR) is 86.1 cm³/mol. The van der Waals surface area contributed by atoms with Crippen molar-refractivity contribution in [3.63, 3.8) is 0 Å². The molecule has 0 saturated carbocycles. The molecule has 2 aromatic rings. The lowest BCUT2D eigenvalue weighted by atomic mass is 9.86. The first-order chi connectivity index (χ1) is 11.5. The Labute approximate surface area is 138 Å². The van der Waals surface area contributed by atoms with Crippen LogP contribution in [0.5, 0.6) is 5.75 Å². The minimum absolute atomic E-state index is 0.0491. The van der Waals surface area contributed by atoms with E-state index < -0.39 is 18.0 Å². The van der Waals surface area contributed by atoms with Crippen molar-refractivity contribution in [2.45, 2.75) is 26.4 Å². The van der Waals surface area contributed by atoms with Crippen LogP contribution in [0.15, 0.2) is 44.9 Å². The van der Waals surface area contributed by atoms with Crippen LogP contribution in [0.4, 0.5) is 0 Å². The van der Waals surface area contributed by atoms with Gasteiger partial charge < -0.3 is 20.0 Å². The number of nitrogens with two attached hydrogens (primary N) is 1. The fourth-order valence-electron chi connectivity index (χ4n) is 2.74. The first-order valence-corrected chi connectivity index (χ1v) is 7.38.